The molecule has 148 valence electrons. The lowest BCUT2D eigenvalue weighted by atomic mass is 9.97. The van der Waals surface area contributed by atoms with E-state index >= 15 is 0 Å². The zero-order valence-electron chi connectivity index (χ0n) is 16.7. The third kappa shape index (κ3) is 4.83. The summed E-state index contributed by atoms with van der Waals surface area (Å²) in [5.41, 5.74) is 4.64. The summed E-state index contributed by atoms with van der Waals surface area (Å²) in [5, 5.41) is 3.15. The summed E-state index contributed by atoms with van der Waals surface area (Å²) >= 11 is 0. The molecule has 0 aliphatic heterocycles. The zero-order chi connectivity index (χ0) is 20.1. The highest BCUT2D eigenvalue weighted by atomic mass is 16.5. The van der Waals surface area contributed by atoms with Gasteiger partial charge in [-0.15, -0.1) is 0 Å². The number of nitrogens with one attached hydrogen (secondary N) is 1. The molecule has 0 radical (unpaired) electrons. The summed E-state index contributed by atoms with van der Waals surface area (Å²) in [5.74, 6) is 1.20. The number of ether oxygens (including phenoxy) is 1. The van der Waals surface area contributed by atoms with Crippen LogP contribution in [0, 0.1) is 0 Å². The van der Waals surface area contributed by atoms with Gasteiger partial charge in [0.05, 0.1) is 11.7 Å². The van der Waals surface area contributed by atoms with Gasteiger partial charge in [-0.1, -0.05) is 42.5 Å². The van der Waals surface area contributed by atoms with Crippen molar-refractivity contribution in [3.8, 4) is 5.75 Å². The maximum atomic E-state index is 12.6. The Morgan fingerprint density at radius 3 is 2.86 bits per heavy atom. The number of fused-ring (bicyclic) bond motifs is 1. The van der Waals surface area contributed by atoms with Crippen LogP contribution in [0.25, 0.3) is 0 Å². The van der Waals surface area contributed by atoms with Crippen LogP contribution in [-0.2, 0) is 17.8 Å². The first-order valence-corrected chi connectivity index (χ1v) is 10.2. The monoisotopic (exact) mass is 386 g/mol. The summed E-state index contributed by atoms with van der Waals surface area (Å²) in [7, 11) is 0. The standard InChI is InChI=1S/C25H26N2O2/c1-18(27-25(28)16-21-13-12-19-7-2-3-11-24(19)21)20-8-6-10-23(15-20)29-17-22-9-4-5-14-26-22/h2-11,14-15,18,21H,12-13,16-17H2,1H3,(H,27,28). The van der Waals surface area contributed by atoms with Gasteiger partial charge in [0.15, 0.2) is 0 Å². The third-order valence-electron chi connectivity index (χ3n) is 5.54. The molecule has 1 amide bonds. The van der Waals surface area contributed by atoms with Crippen LogP contribution in [0.3, 0.4) is 0 Å². The fourth-order valence-corrected chi connectivity index (χ4v) is 3.98. The van der Waals surface area contributed by atoms with Crippen molar-refractivity contribution in [1.82, 2.24) is 10.3 Å². The molecule has 2 atom stereocenters. The molecule has 0 saturated heterocycles. The first kappa shape index (κ1) is 19.2. The van der Waals surface area contributed by atoms with Crippen molar-refractivity contribution in [1.29, 1.82) is 0 Å². The zero-order valence-corrected chi connectivity index (χ0v) is 16.7. The van der Waals surface area contributed by atoms with E-state index in [1.54, 1.807) is 6.20 Å². The predicted octanol–water partition coefficient (Wildman–Crippen LogP) is 4.96. The molecule has 0 saturated carbocycles. The number of hydrogen-bond donors (Lipinski definition) is 1. The highest BCUT2D eigenvalue weighted by Crippen LogP contribution is 2.35. The van der Waals surface area contributed by atoms with Crippen molar-refractivity contribution < 1.29 is 9.53 Å². The molecule has 3 aromatic rings. The van der Waals surface area contributed by atoms with Crippen LogP contribution in [0.4, 0.5) is 0 Å². The molecule has 1 N–H and O–H groups in total. The second-order valence-electron chi connectivity index (χ2n) is 7.61. The van der Waals surface area contributed by atoms with E-state index in [9.17, 15) is 4.79 Å². The number of aromatic nitrogens is 1. The van der Waals surface area contributed by atoms with Gasteiger partial charge in [0.25, 0.3) is 0 Å². The SMILES string of the molecule is CC(NC(=O)CC1CCc2ccccc21)c1cccc(OCc2ccccn2)c1. The molecule has 0 fully saturated rings. The molecule has 0 spiro atoms. The number of benzene rings is 2. The van der Waals surface area contributed by atoms with Crippen molar-refractivity contribution in [2.75, 3.05) is 0 Å². The molecule has 0 bridgehead atoms. The second-order valence-corrected chi connectivity index (χ2v) is 7.61. The lowest BCUT2D eigenvalue weighted by Gasteiger charge is -2.18. The summed E-state index contributed by atoms with van der Waals surface area (Å²) in [6.07, 6.45) is 4.42. The molecule has 1 aliphatic rings. The Bertz CT molecular complexity index is 971. The first-order valence-electron chi connectivity index (χ1n) is 10.2. The number of aryl methyl sites for hydroxylation is 1. The van der Waals surface area contributed by atoms with Gasteiger partial charge < -0.3 is 10.1 Å². The maximum absolute atomic E-state index is 12.6. The molecular formula is C25H26N2O2. The van der Waals surface area contributed by atoms with Crippen molar-refractivity contribution in [3.05, 3.63) is 95.3 Å². The average Bonchev–Trinajstić information content (AvgIpc) is 3.16. The molecule has 1 aromatic heterocycles. The number of amides is 1. The van der Waals surface area contributed by atoms with Crippen molar-refractivity contribution in [3.63, 3.8) is 0 Å². The van der Waals surface area contributed by atoms with Crippen LogP contribution in [0.2, 0.25) is 0 Å². The van der Waals surface area contributed by atoms with Gasteiger partial charge in [0.1, 0.15) is 12.4 Å². The molecule has 1 heterocycles. The minimum Gasteiger partial charge on any atom is -0.487 e. The van der Waals surface area contributed by atoms with Crippen LogP contribution in [0.5, 0.6) is 5.75 Å². The van der Waals surface area contributed by atoms with E-state index in [2.05, 4.69) is 34.6 Å². The Hall–Kier alpha value is -3.14. The number of hydrogen-bond acceptors (Lipinski definition) is 3. The van der Waals surface area contributed by atoms with Gasteiger partial charge in [-0.2, -0.15) is 0 Å². The lowest BCUT2D eigenvalue weighted by molar-refractivity contribution is -0.122. The third-order valence-corrected chi connectivity index (χ3v) is 5.54. The Labute approximate surface area is 172 Å². The van der Waals surface area contributed by atoms with Crippen LogP contribution >= 0.6 is 0 Å². The summed E-state index contributed by atoms with van der Waals surface area (Å²) in [6, 6.07) is 22.1. The Balaban J connectivity index is 1.33. The van der Waals surface area contributed by atoms with Crippen LogP contribution < -0.4 is 10.1 Å². The van der Waals surface area contributed by atoms with E-state index < -0.39 is 0 Å². The van der Waals surface area contributed by atoms with Crippen LogP contribution in [-0.4, -0.2) is 10.9 Å². The van der Waals surface area contributed by atoms with E-state index in [0.29, 0.717) is 18.9 Å². The Morgan fingerprint density at radius 1 is 1.14 bits per heavy atom. The molecule has 2 unspecified atom stereocenters. The molecule has 29 heavy (non-hydrogen) atoms. The number of carbonyl (C=O) groups is 1. The topological polar surface area (TPSA) is 51.2 Å². The van der Waals surface area contributed by atoms with Gasteiger partial charge >= 0.3 is 0 Å². The van der Waals surface area contributed by atoms with E-state index in [1.165, 1.54) is 11.1 Å². The maximum Gasteiger partial charge on any atom is 0.221 e. The summed E-state index contributed by atoms with van der Waals surface area (Å²) in [4.78, 5) is 16.9. The predicted molar refractivity (Wildman–Crippen MR) is 114 cm³/mol. The normalized spacial score (nSPS) is 16.1. The molecule has 2 aromatic carbocycles. The Morgan fingerprint density at radius 2 is 2.00 bits per heavy atom. The molecule has 4 heteroatoms. The molecular weight excluding hydrogens is 360 g/mol. The van der Waals surface area contributed by atoms with Crippen molar-refractivity contribution in [2.45, 2.75) is 44.8 Å². The number of nitrogens with zero attached hydrogens (tertiary/aromatic N) is 1. The number of pyridine rings is 1. The van der Waals surface area contributed by atoms with Gasteiger partial charge in [-0.05, 0) is 66.6 Å². The van der Waals surface area contributed by atoms with E-state index in [1.807, 2.05) is 49.4 Å². The minimum atomic E-state index is -0.0717. The van der Waals surface area contributed by atoms with E-state index in [4.69, 9.17) is 4.74 Å². The number of rotatable bonds is 7. The average molecular weight is 386 g/mol. The highest BCUT2D eigenvalue weighted by Gasteiger charge is 2.24. The van der Waals surface area contributed by atoms with Gasteiger partial charge in [0, 0.05) is 12.6 Å². The quantitative estimate of drug-likeness (QED) is 0.624. The van der Waals surface area contributed by atoms with Gasteiger partial charge in [-0.3, -0.25) is 9.78 Å². The van der Waals surface area contributed by atoms with Gasteiger partial charge in [0.2, 0.25) is 5.91 Å². The smallest absolute Gasteiger partial charge is 0.221 e. The molecule has 4 nitrogen and oxygen atoms in total. The second kappa shape index (κ2) is 8.91. The van der Waals surface area contributed by atoms with Gasteiger partial charge in [-0.25, -0.2) is 0 Å². The lowest BCUT2D eigenvalue weighted by Crippen LogP contribution is -2.27. The number of carbonyl (C=O) groups excluding carboxylic acids is 1. The van der Waals surface area contributed by atoms with Crippen molar-refractivity contribution >= 4 is 5.91 Å². The fraction of sp³-hybridized carbons (Fsp3) is 0.280. The van der Waals surface area contributed by atoms with Crippen LogP contribution in [0.1, 0.15) is 54.1 Å². The summed E-state index contributed by atoms with van der Waals surface area (Å²) < 4.78 is 5.86. The van der Waals surface area contributed by atoms with E-state index in [-0.39, 0.29) is 11.9 Å². The highest BCUT2D eigenvalue weighted by molar-refractivity contribution is 5.77. The van der Waals surface area contributed by atoms with Crippen LogP contribution in [0.15, 0.2) is 72.9 Å². The van der Waals surface area contributed by atoms with Crippen molar-refractivity contribution in [2.24, 2.45) is 0 Å². The molecule has 1 aliphatic carbocycles. The minimum absolute atomic E-state index is 0.0717. The first-order chi connectivity index (χ1) is 14.2. The van der Waals surface area contributed by atoms with E-state index in [0.717, 1.165) is 29.8 Å². The largest absolute Gasteiger partial charge is 0.487 e. The fourth-order valence-electron chi connectivity index (χ4n) is 3.98. The summed E-state index contributed by atoms with van der Waals surface area (Å²) in [6.45, 7) is 2.44. The Kier molecular flexibility index (Phi) is 5.89. The molecule has 4 rings (SSSR count).